The Kier molecular flexibility index (Phi) is 16.7. The monoisotopic (exact) mass is 1320 g/mol. The average molecular weight is 1330 g/mol. The standard InChI is InChI=1S/C80H64N10O6S2/c1-45-11-24-56(25-12-45)88(57-26-13-46(2)14-27-57)58-30-20-51(21-31-58)62-35-37-68(75-72(62)85-98-87-75)83-73-64-41-53-18-19-54(40-55(53)42-65(64)76(91)77(73)92)63-39-48(4)17-38-69(63)89(59-28-15-47(3)16-29-59)60-32-22-52(23-33-60)61-34-36-67(74-71(61)84-97-86-74)82-70-49(5)66(43-81)78(93)90(79(70)94)80(95)96-44-50-9-7-6-8-10-50/h6-17,20-39,53-55,64-65H,18-19,40-42,44H2,1-5H3. The van der Waals surface area contributed by atoms with Gasteiger partial charge in [-0.25, -0.2) is 14.8 Å². The van der Waals surface area contributed by atoms with Gasteiger partial charge in [0.05, 0.1) is 40.5 Å². The molecule has 15 rings (SSSR count). The molecule has 3 saturated carbocycles. The first-order chi connectivity index (χ1) is 47.7. The summed E-state index contributed by atoms with van der Waals surface area (Å²) in [5, 5.41) is 10.1. The Hall–Kier alpha value is -11.3. The molecule has 0 saturated heterocycles. The molecule has 3 aliphatic carbocycles. The van der Waals surface area contributed by atoms with Crippen LogP contribution < -0.4 is 9.80 Å². The SMILES string of the molecule is CC1=C(C#N)C(=O)N(C(=O)OCc2ccccc2)C(=O)C1=Nc1ccc(-c2ccc(N(c3ccc(C)cc3)c3ccc(C)cc3C3CCC4CC5C(=Nc6ccc(-c7ccc(N(c8ccc(C)cc8)c8ccc(C)cc8)cc7)c7nsnc67)C(=O)C(=O)C5CC4C3)cc2)c2nsnc12. The smallest absolute Gasteiger partial charge is 0.424 e. The van der Waals surface area contributed by atoms with Gasteiger partial charge >= 0.3 is 6.09 Å². The van der Waals surface area contributed by atoms with E-state index < -0.39 is 35.2 Å². The number of imide groups is 3. The predicted octanol–water partition coefficient (Wildman–Crippen LogP) is 18.3. The quantitative estimate of drug-likeness (QED) is 0.0779. The van der Waals surface area contributed by atoms with Crippen molar-refractivity contribution in [2.75, 3.05) is 9.80 Å². The number of carbonyl (C=O) groups excluding carboxylic acids is 5. The number of Topliss-reactive ketones (excluding diaryl/α,β-unsaturated/α-hetero) is 2. The van der Waals surface area contributed by atoms with Crippen molar-refractivity contribution in [3.63, 3.8) is 0 Å². The molecule has 16 nitrogen and oxygen atoms in total. The van der Waals surface area contributed by atoms with Crippen LogP contribution in [0.2, 0.25) is 0 Å². The fraction of sp³-hybridized carbons (Fsp3) is 0.200. The van der Waals surface area contributed by atoms with E-state index in [1.807, 2.05) is 42.5 Å². The van der Waals surface area contributed by atoms with Gasteiger partial charge in [0.1, 0.15) is 46.0 Å². The Morgan fingerprint density at radius 3 is 1.59 bits per heavy atom. The lowest BCUT2D eigenvalue weighted by Crippen LogP contribution is -2.50. The van der Waals surface area contributed by atoms with Crippen molar-refractivity contribution in [2.24, 2.45) is 33.7 Å². The Bertz CT molecular complexity index is 5130. The minimum atomic E-state index is -1.22. The van der Waals surface area contributed by atoms with E-state index >= 15 is 0 Å². The number of nitriles is 1. The molecule has 3 fully saturated rings. The molecule has 3 heterocycles. The lowest BCUT2D eigenvalue weighted by Gasteiger charge is -2.44. The van der Waals surface area contributed by atoms with Crippen molar-refractivity contribution < 1.29 is 28.7 Å². The van der Waals surface area contributed by atoms with Crippen LogP contribution in [0.4, 0.5) is 50.3 Å². The van der Waals surface area contributed by atoms with Crippen molar-refractivity contribution in [2.45, 2.75) is 79.2 Å². The number of benzene rings is 9. The van der Waals surface area contributed by atoms with Crippen molar-refractivity contribution in [1.82, 2.24) is 22.4 Å². The summed E-state index contributed by atoms with van der Waals surface area (Å²) in [4.78, 5) is 84.0. The van der Waals surface area contributed by atoms with Crippen LogP contribution in [0.15, 0.2) is 215 Å². The molecular formula is C80H64N10O6S2. The number of aliphatic imine (C=N–C) groups is 2. The molecule has 18 heteroatoms. The highest BCUT2D eigenvalue weighted by atomic mass is 32.1. The largest absolute Gasteiger partial charge is 0.444 e. The van der Waals surface area contributed by atoms with E-state index in [2.05, 4.69) is 179 Å². The normalized spacial score (nSPS) is 19.3. The van der Waals surface area contributed by atoms with E-state index in [9.17, 15) is 29.2 Å². The number of anilines is 6. The van der Waals surface area contributed by atoms with E-state index in [0.29, 0.717) is 56.3 Å². The summed E-state index contributed by atoms with van der Waals surface area (Å²) < 4.78 is 24.2. The number of fused-ring (bicyclic) bond motifs is 4. The molecule has 5 atom stereocenters. The first-order valence-corrected chi connectivity index (χ1v) is 34.2. The lowest BCUT2D eigenvalue weighted by molar-refractivity contribution is -0.136. The number of aryl methyl sites for hydroxylation is 4. The molecule has 0 N–H and O–H groups in total. The fourth-order valence-electron chi connectivity index (χ4n) is 14.7. The van der Waals surface area contributed by atoms with Crippen molar-refractivity contribution >= 4 is 132 Å². The Labute approximate surface area is 574 Å². The lowest BCUT2D eigenvalue weighted by atomic mass is 9.61. The Balaban J connectivity index is 0.675. The van der Waals surface area contributed by atoms with Crippen molar-refractivity contribution in [3.8, 4) is 28.3 Å². The van der Waals surface area contributed by atoms with Gasteiger partial charge in [-0.15, -0.1) is 0 Å². The highest BCUT2D eigenvalue weighted by Crippen LogP contribution is 2.54. The number of ketones is 2. The summed E-state index contributed by atoms with van der Waals surface area (Å²) in [6.07, 6.45) is 2.90. The maximum Gasteiger partial charge on any atom is 0.424 e. The summed E-state index contributed by atoms with van der Waals surface area (Å²) in [6, 6.07) is 67.2. The minimum Gasteiger partial charge on any atom is -0.444 e. The molecule has 0 spiro atoms. The van der Waals surface area contributed by atoms with Gasteiger partial charge in [0.15, 0.2) is 0 Å². The summed E-state index contributed by atoms with van der Waals surface area (Å²) in [5.74, 6) is -2.92. The van der Waals surface area contributed by atoms with Crippen LogP contribution in [0, 0.1) is 62.7 Å². The second kappa shape index (κ2) is 26.0. The molecule has 9 aromatic carbocycles. The first-order valence-electron chi connectivity index (χ1n) is 32.7. The zero-order valence-electron chi connectivity index (χ0n) is 54.3. The van der Waals surface area contributed by atoms with Crippen LogP contribution in [0.1, 0.15) is 78.3 Å². The van der Waals surface area contributed by atoms with Gasteiger partial charge in [-0.1, -0.05) is 125 Å². The molecular weight excluding hydrogens is 1260 g/mol. The highest BCUT2D eigenvalue weighted by Gasteiger charge is 2.53. The third-order valence-electron chi connectivity index (χ3n) is 19.8. The Morgan fingerprint density at radius 1 is 0.541 bits per heavy atom. The third-order valence-corrected chi connectivity index (χ3v) is 20.9. The second-order valence-electron chi connectivity index (χ2n) is 26.0. The molecule has 98 heavy (non-hydrogen) atoms. The number of ether oxygens (including phenoxy) is 1. The zero-order chi connectivity index (χ0) is 67.5. The van der Waals surface area contributed by atoms with E-state index in [0.717, 1.165) is 117 Å². The average Bonchev–Trinajstić information content (AvgIpc) is 1.06. The summed E-state index contributed by atoms with van der Waals surface area (Å²) in [5.41, 5.74) is 18.8. The van der Waals surface area contributed by atoms with Crippen molar-refractivity contribution in [1.29, 1.82) is 5.26 Å². The predicted molar refractivity (Wildman–Crippen MR) is 385 cm³/mol. The van der Waals surface area contributed by atoms with Crippen LogP contribution in [0.25, 0.3) is 44.3 Å². The Morgan fingerprint density at radius 2 is 1.04 bits per heavy atom. The van der Waals surface area contributed by atoms with Crippen LogP contribution in [-0.2, 0) is 30.5 Å². The number of rotatable bonds is 13. The molecule has 0 radical (unpaired) electrons. The zero-order valence-corrected chi connectivity index (χ0v) is 56.0. The van der Waals surface area contributed by atoms with Gasteiger partial charge in [-0.05, 0) is 198 Å². The number of hydrogen-bond acceptors (Lipinski definition) is 17. The van der Waals surface area contributed by atoms with Gasteiger partial charge in [0.2, 0.25) is 11.6 Å². The van der Waals surface area contributed by atoms with Crippen LogP contribution in [0.5, 0.6) is 0 Å². The van der Waals surface area contributed by atoms with E-state index in [4.69, 9.17) is 18.5 Å². The fourth-order valence-corrected chi connectivity index (χ4v) is 15.8. The second-order valence-corrected chi connectivity index (χ2v) is 27.0. The molecule has 11 aromatic rings. The number of carbonyl (C=O) groups is 5. The number of nitrogens with zero attached hydrogens (tertiary/aromatic N) is 10. The van der Waals surface area contributed by atoms with Gasteiger partial charge < -0.3 is 14.5 Å². The van der Waals surface area contributed by atoms with Crippen molar-refractivity contribution in [3.05, 3.63) is 239 Å². The molecule has 1 aliphatic heterocycles. The van der Waals surface area contributed by atoms with Gasteiger partial charge in [0.25, 0.3) is 11.8 Å². The summed E-state index contributed by atoms with van der Waals surface area (Å²) in [6.45, 7) is 9.64. The van der Waals surface area contributed by atoms with Crippen LogP contribution >= 0.6 is 23.5 Å². The molecule has 2 aromatic heterocycles. The molecule has 482 valence electrons. The topological polar surface area (TPSA) is 204 Å². The minimum absolute atomic E-state index is 0.0222. The van der Waals surface area contributed by atoms with E-state index in [1.165, 1.54) is 23.6 Å². The summed E-state index contributed by atoms with van der Waals surface area (Å²) in [7, 11) is 0. The number of aromatic nitrogens is 4. The van der Waals surface area contributed by atoms with Gasteiger partial charge in [0, 0.05) is 62.7 Å². The maximum absolute atomic E-state index is 14.3. The molecule has 3 amide bonds. The molecule has 5 unspecified atom stereocenters. The molecule has 0 bridgehead atoms. The van der Waals surface area contributed by atoms with E-state index in [1.54, 1.807) is 30.3 Å². The third kappa shape index (κ3) is 11.7. The first kappa shape index (κ1) is 62.8. The number of hydrogen-bond donors (Lipinski definition) is 0. The highest BCUT2D eigenvalue weighted by molar-refractivity contribution is 7.00. The maximum atomic E-state index is 14.3. The molecule has 4 aliphatic rings. The summed E-state index contributed by atoms with van der Waals surface area (Å²) >= 11 is 2.09. The number of amides is 3. The van der Waals surface area contributed by atoms with Gasteiger partial charge in [-0.3, -0.25) is 19.2 Å². The van der Waals surface area contributed by atoms with Crippen LogP contribution in [0.3, 0.4) is 0 Å². The van der Waals surface area contributed by atoms with Crippen LogP contribution in [-0.4, -0.2) is 63.3 Å². The van der Waals surface area contributed by atoms with Gasteiger partial charge in [-0.2, -0.15) is 27.7 Å². The van der Waals surface area contributed by atoms with E-state index in [-0.39, 0.29) is 47.1 Å².